The molecule has 0 radical (unpaired) electrons. The van der Waals surface area contributed by atoms with Crippen LogP contribution in [0.2, 0.25) is 0 Å². The lowest BCUT2D eigenvalue weighted by atomic mass is 9.94. The van der Waals surface area contributed by atoms with Crippen molar-refractivity contribution in [2.45, 2.75) is 137 Å². The Morgan fingerprint density at radius 3 is 1.82 bits per heavy atom. The Morgan fingerprint density at radius 1 is 0.714 bits per heavy atom. The van der Waals surface area contributed by atoms with Crippen LogP contribution in [0.4, 0.5) is 13.2 Å². The molecule has 12 nitrogen and oxygen atoms in total. The molecule has 312 valence electrons. The van der Waals surface area contributed by atoms with Gasteiger partial charge >= 0.3 is 6.36 Å². The first-order valence-electron chi connectivity index (χ1n) is 19.4. The molecule has 0 aliphatic carbocycles. The van der Waals surface area contributed by atoms with E-state index < -0.39 is 71.9 Å². The number of carbonyl (C=O) groups excluding carboxylic acids is 5. The van der Waals surface area contributed by atoms with Crippen LogP contribution in [0.1, 0.15) is 103 Å². The zero-order valence-corrected chi connectivity index (χ0v) is 33.8. The third kappa shape index (κ3) is 16.2. The van der Waals surface area contributed by atoms with Crippen LogP contribution in [0.15, 0.2) is 54.6 Å². The summed E-state index contributed by atoms with van der Waals surface area (Å²) >= 11 is 0. The SMILES string of the molecule is CCC(CC)NC(=O)[C@@H](NC(=O)CC(N)C(Cc1ccccc1)NC(=O)C(NC(=O)[C@H](CC(C)C)NC(=O)c1ccc(OC(F)(F)F)cc1)C(C)C)[C@@H](C)CC. The fourth-order valence-electron chi connectivity index (χ4n) is 6.07. The highest BCUT2D eigenvalue weighted by atomic mass is 19.4. The summed E-state index contributed by atoms with van der Waals surface area (Å²) in [5.74, 6) is -3.74. The van der Waals surface area contributed by atoms with E-state index in [-0.39, 0.29) is 48.6 Å². The summed E-state index contributed by atoms with van der Waals surface area (Å²) in [5.41, 5.74) is 7.50. The van der Waals surface area contributed by atoms with E-state index in [2.05, 4.69) is 31.3 Å². The average Bonchev–Trinajstić information content (AvgIpc) is 3.13. The molecule has 0 fully saturated rings. The number of benzene rings is 2. The third-order valence-corrected chi connectivity index (χ3v) is 9.63. The number of ether oxygens (including phenoxy) is 1. The van der Waals surface area contributed by atoms with E-state index in [1.54, 1.807) is 13.8 Å². The molecular formula is C41H61F3N6O6. The molecule has 0 saturated heterocycles. The van der Waals surface area contributed by atoms with E-state index >= 15 is 0 Å². The van der Waals surface area contributed by atoms with Gasteiger partial charge in [0.2, 0.25) is 23.6 Å². The number of hydrogen-bond donors (Lipinski definition) is 6. The third-order valence-electron chi connectivity index (χ3n) is 9.63. The molecule has 0 spiro atoms. The first-order valence-corrected chi connectivity index (χ1v) is 19.4. The summed E-state index contributed by atoms with van der Waals surface area (Å²) in [6, 6.07) is 8.94. The number of nitrogens with two attached hydrogens (primary N) is 1. The second-order valence-corrected chi connectivity index (χ2v) is 15.1. The van der Waals surface area contributed by atoms with Gasteiger partial charge in [-0.25, -0.2) is 0 Å². The molecule has 2 aromatic rings. The quantitative estimate of drug-likeness (QED) is 0.0955. The number of alkyl halides is 3. The van der Waals surface area contributed by atoms with E-state index in [1.165, 1.54) is 0 Å². The van der Waals surface area contributed by atoms with Crippen LogP contribution in [-0.2, 0) is 25.6 Å². The zero-order chi connectivity index (χ0) is 42.2. The lowest BCUT2D eigenvalue weighted by Crippen LogP contribution is -2.59. The number of rotatable bonds is 22. The van der Waals surface area contributed by atoms with Gasteiger partial charge in [0.15, 0.2) is 0 Å². The second-order valence-electron chi connectivity index (χ2n) is 15.1. The summed E-state index contributed by atoms with van der Waals surface area (Å²) in [6.07, 6.45) is -2.48. The molecule has 3 unspecified atom stereocenters. The van der Waals surface area contributed by atoms with E-state index in [0.717, 1.165) is 42.7 Å². The van der Waals surface area contributed by atoms with Crippen molar-refractivity contribution in [3.63, 3.8) is 0 Å². The normalized spacial score (nSPS) is 14.9. The second kappa shape index (κ2) is 22.8. The lowest BCUT2D eigenvalue weighted by molar-refractivity contribution is -0.274. The first kappa shape index (κ1) is 47.5. The molecule has 0 saturated carbocycles. The van der Waals surface area contributed by atoms with Crippen LogP contribution in [0.5, 0.6) is 5.75 Å². The minimum absolute atomic E-state index is 0.00299. The number of hydrogen-bond acceptors (Lipinski definition) is 7. The minimum atomic E-state index is -4.90. The molecule has 7 N–H and O–H groups in total. The minimum Gasteiger partial charge on any atom is -0.406 e. The van der Waals surface area contributed by atoms with Gasteiger partial charge in [-0.3, -0.25) is 24.0 Å². The highest BCUT2D eigenvalue weighted by Crippen LogP contribution is 2.23. The number of halogens is 3. The summed E-state index contributed by atoms with van der Waals surface area (Å²) in [4.78, 5) is 67.5. The largest absolute Gasteiger partial charge is 0.573 e. The van der Waals surface area contributed by atoms with Crippen molar-refractivity contribution in [3.05, 3.63) is 65.7 Å². The molecule has 2 aromatic carbocycles. The number of amides is 5. The Balaban J connectivity index is 2.26. The van der Waals surface area contributed by atoms with E-state index in [4.69, 9.17) is 5.73 Å². The van der Waals surface area contributed by atoms with E-state index in [1.807, 2.05) is 71.9 Å². The predicted molar refractivity (Wildman–Crippen MR) is 209 cm³/mol. The van der Waals surface area contributed by atoms with Crippen LogP contribution < -0.4 is 37.1 Å². The van der Waals surface area contributed by atoms with Crippen molar-refractivity contribution >= 4 is 29.5 Å². The Kier molecular flexibility index (Phi) is 19.3. The fourth-order valence-corrected chi connectivity index (χ4v) is 6.07. The standard InChI is InChI=1S/C41H61F3N6O6/c1-9-26(8)36(40(55)46-29(10-2)11-3)49-34(51)23-31(45)32(22-27-15-13-12-14-16-27)47-39(54)35(25(6)7)50-38(53)33(21-24(4)5)48-37(52)28-17-19-30(20-18-28)56-41(42,43)44/h12-20,24-26,29,31-33,35-36H,9-11,21-23,45H2,1-8H3,(H,46,55)(H,47,54)(H,48,52)(H,49,51)(H,50,53)/t26-,31?,32?,33-,35?,36-/m0/s1. The maximum Gasteiger partial charge on any atom is 0.573 e. The number of nitrogens with one attached hydrogen (secondary N) is 5. The van der Waals surface area contributed by atoms with Gasteiger partial charge in [-0.05, 0) is 73.3 Å². The van der Waals surface area contributed by atoms with Crippen LogP contribution in [0.3, 0.4) is 0 Å². The summed E-state index contributed by atoms with van der Waals surface area (Å²) in [7, 11) is 0. The monoisotopic (exact) mass is 790 g/mol. The van der Waals surface area contributed by atoms with E-state index in [9.17, 15) is 37.1 Å². The summed E-state index contributed by atoms with van der Waals surface area (Å²) < 4.78 is 41.7. The van der Waals surface area contributed by atoms with E-state index in [0.29, 0.717) is 6.42 Å². The Hall–Kier alpha value is -4.66. The Labute approximate surface area is 329 Å². The van der Waals surface area contributed by atoms with Gasteiger partial charge in [0.1, 0.15) is 23.9 Å². The van der Waals surface area contributed by atoms with Crippen molar-refractivity contribution < 1.29 is 41.9 Å². The molecule has 56 heavy (non-hydrogen) atoms. The molecule has 2 rings (SSSR count). The van der Waals surface area contributed by atoms with Crippen LogP contribution in [0.25, 0.3) is 0 Å². The van der Waals surface area contributed by atoms with Gasteiger partial charge in [-0.1, -0.05) is 92.1 Å². The molecule has 6 atom stereocenters. The highest BCUT2D eigenvalue weighted by molar-refractivity contribution is 5.98. The molecule has 0 heterocycles. The predicted octanol–water partition coefficient (Wildman–Crippen LogP) is 5.15. The van der Waals surface area contributed by atoms with Crippen LogP contribution in [0, 0.1) is 17.8 Å². The molecule has 0 aliphatic heterocycles. The first-order chi connectivity index (χ1) is 26.3. The van der Waals surface area contributed by atoms with Gasteiger partial charge in [-0.15, -0.1) is 13.2 Å². The number of carbonyl (C=O) groups is 5. The van der Waals surface area contributed by atoms with Crippen LogP contribution in [-0.4, -0.2) is 72.1 Å². The smallest absolute Gasteiger partial charge is 0.406 e. The topological polar surface area (TPSA) is 181 Å². The van der Waals surface area contributed by atoms with Gasteiger partial charge in [0.05, 0.1) is 0 Å². The van der Waals surface area contributed by atoms with Gasteiger partial charge in [0, 0.05) is 30.1 Å². The van der Waals surface area contributed by atoms with Crippen molar-refractivity contribution in [1.82, 2.24) is 26.6 Å². The van der Waals surface area contributed by atoms with Gasteiger partial charge in [-0.2, -0.15) is 0 Å². The zero-order valence-electron chi connectivity index (χ0n) is 33.8. The maximum absolute atomic E-state index is 14.0. The molecule has 5 amide bonds. The molecule has 0 bridgehead atoms. The van der Waals surface area contributed by atoms with Crippen molar-refractivity contribution in [2.24, 2.45) is 23.5 Å². The average molecular weight is 791 g/mol. The highest BCUT2D eigenvalue weighted by Gasteiger charge is 2.34. The lowest BCUT2D eigenvalue weighted by Gasteiger charge is -2.31. The molecular weight excluding hydrogens is 729 g/mol. The molecule has 15 heteroatoms. The molecule has 0 aliphatic rings. The van der Waals surface area contributed by atoms with Crippen molar-refractivity contribution in [2.75, 3.05) is 0 Å². The van der Waals surface area contributed by atoms with Crippen molar-refractivity contribution in [3.8, 4) is 5.75 Å². The van der Waals surface area contributed by atoms with Crippen molar-refractivity contribution in [1.29, 1.82) is 0 Å². The Morgan fingerprint density at radius 2 is 1.30 bits per heavy atom. The molecule has 0 aromatic heterocycles. The van der Waals surface area contributed by atoms with Gasteiger partial charge in [0.25, 0.3) is 5.91 Å². The van der Waals surface area contributed by atoms with Gasteiger partial charge < -0.3 is 37.1 Å². The maximum atomic E-state index is 14.0. The Bertz CT molecular complexity index is 1550. The summed E-state index contributed by atoms with van der Waals surface area (Å²) in [5, 5.41) is 14.3. The van der Waals surface area contributed by atoms with Crippen LogP contribution >= 0.6 is 0 Å². The fraction of sp³-hybridized carbons (Fsp3) is 0.585. The summed E-state index contributed by atoms with van der Waals surface area (Å²) in [6.45, 7) is 15.0.